The molecule has 2 N–H and O–H groups in total. The highest BCUT2D eigenvalue weighted by molar-refractivity contribution is 8.01. The lowest BCUT2D eigenvalue weighted by molar-refractivity contribution is -0.697. The van der Waals surface area contributed by atoms with Crippen LogP contribution in [0.3, 0.4) is 0 Å². The van der Waals surface area contributed by atoms with Crippen LogP contribution in [-0.2, 0) is 4.74 Å². The van der Waals surface area contributed by atoms with Gasteiger partial charge in [-0.25, -0.2) is 0 Å². The minimum absolute atomic E-state index is 0.0774. The van der Waals surface area contributed by atoms with Gasteiger partial charge in [0.2, 0.25) is 6.23 Å². The predicted octanol–water partition coefficient (Wildman–Crippen LogP) is 2.42. The number of nitrogens with two attached hydrogens (primary N) is 1. The Labute approximate surface area is 167 Å². The van der Waals surface area contributed by atoms with Crippen LogP contribution in [0.15, 0.2) is 53.1 Å². The molecule has 2 aromatic heterocycles. The normalized spacial score (nSPS) is 19.3. The van der Waals surface area contributed by atoms with Gasteiger partial charge in [-0.05, 0) is 36.4 Å². The zero-order chi connectivity index (χ0) is 18.6. The van der Waals surface area contributed by atoms with Crippen molar-refractivity contribution in [2.24, 2.45) is 0 Å². The van der Waals surface area contributed by atoms with Crippen LogP contribution >= 0.6 is 23.1 Å². The van der Waals surface area contributed by atoms with Crippen LogP contribution in [0.1, 0.15) is 11.8 Å². The maximum atomic E-state index is 6.22. The highest BCUT2D eigenvalue weighted by atomic mass is 32.2. The Morgan fingerprint density at radius 2 is 1.93 bits per heavy atom. The highest BCUT2D eigenvalue weighted by Gasteiger charge is 2.30. The number of anilines is 1. The zero-order valence-electron chi connectivity index (χ0n) is 15.3. The van der Waals surface area contributed by atoms with Crippen molar-refractivity contribution in [2.75, 3.05) is 31.3 Å². The Morgan fingerprint density at radius 3 is 2.67 bits per heavy atom. The van der Waals surface area contributed by atoms with E-state index >= 15 is 0 Å². The van der Waals surface area contributed by atoms with Crippen LogP contribution in [0, 0.1) is 0 Å². The van der Waals surface area contributed by atoms with Gasteiger partial charge in [-0.15, -0.1) is 10.2 Å². The van der Waals surface area contributed by atoms with Gasteiger partial charge >= 0.3 is 0 Å². The van der Waals surface area contributed by atoms with E-state index in [4.69, 9.17) is 4.74 Å². The standard InChI is InChI=1S/C19H21N5OS2/c1-24(2)15-5-3-13(4-6-15)17-21-11-16(25-17)12-26-19-23-22-18(27-19)14-7-9-20-10-8-14/h3-10,16-17,21H,11-12H2,1-2H3/p+1/t16-,17+/m1/s1. The molecule has 6 nitrogen and oxygen atoms in total. The summed E-state index contributed by atoms with van der Waals surface area (Å²) < 4.78 is 7.20. The molecule has 0 radical (unpaired) electrons. The van der Waals surface area contributed by atoms with Crippen molar-refractivity contribution < 1.29 is 10.1 Å². The molecule has 0 bridgehead atoms. The first-order valence-corrected chi connectivity index (χ1v) is 10.6. The molecule has 140 valence electrons. The van der Waals surface area contributed by atoms with Crippen LogP contribution in [0.25, 0.3) is 10.6 Å². The minimum atomic E-state index is 0.0774. The highest BCUT2D eigenvalue weighted by Crippen LogP contribution is 2.30. The number of nitrogens with zero attached hydrogens (tertiary/aromatic N) is 4. The van der Waals surface area contributed by atoms with Crippen LogP contribution in [0.5, 0.6) is 0 Å². The summed E-state index contributed by atoms with van der Waals surface area (Å²) in [5.74, 6) is 0.883. The Morgan fingerprint density at radius 1 is 1.15 bits per heavy atom. The molecule has 1 aliphatic heterocycles. The van der Waals surface area contributed by atoms with E-state index in [1.165, 1.54) is 11.3 Å². The lowest BCUT2D eigenvalue weighted by Gasteiger charge is -2.14. The molecule has 0 spiro atoms. The summed E-state index contributed by atoms with van der Waals surface area (Å²) >= 11 is 3.33. The molecule has 1 aliphatic rings. The molecule has 1 aromatic carbocycles. The van der Waals surface area contributed by atoms with E-state index in [0.717, 1.165) is 27.2 Å². The first-order valence-electron chi connectivity index (χ1n) is 8.82. The number of benzene rings is 1. The fourth-order valence-electron chi connectivity index (χ4n) is 2.92. The zero-order valence-corrected chi connectivity index (χ0v) is 16.9. The van der Waals surface area contributed by atoms with Crippen LogP contribution in [0.2, 0.25) is 0 Å². The summed E-state index contributed by atoms with van der Waals surface area (Å²) in [6, 6.07) is 12.5. The molecular formula is C19H22N5OS2+. The summed E-state index contributed by atoms with van der Waals surface area (Å²) in [4.78, 5) is 6.14. The fourth-order valence-corrected chi connectivity index (χ4v) is 4.82. The van der Waals surface area contributed by atoms with E-state index in [9.17, 15) is 0 Å². The SMILES string of the molecule is CN(C)c1ccc([C@H]2[NH2+]C[C@H](CSc3nnc(-c4ccncc4)s3)O2)cc1. The molecule has 4 rings (SSSR count). The van der Waals surface area contributed by atoms with E-state index in [1.54, 1.807) is 35.5 Å². The average molecular weight is 401 g/mol. The molecule has 1 fully saturated rings. The second kappa shape index (κ2) is 8.35. The van der Waals surface area contributed by atoms with Crippen molar-refractivity contribution in [2.45, 2.75) is 16.7 Å². The maximum Gasteiger partial charge on any atom is 0.217 e. The van der Waals surface area contributed by atoms with Gasteiger partial charge in [-0.3, -0.25) is 4.98 Å². The number of hydrogen-bond donors (Lipinski definition) is 1. The Kier molecular flexibility index (Phi) is 5.68. The van der Waals surface area contributed by atoms with Crippen molar-refractivity contribution in [1.29, 1.82) is 0 Å². The van der Waals surface area contributed by atoms with Gasteiger partial charge in [0.25, 0.3) is 0 Å². The number of ether oxygens (including phenoxy) is 1. The first kappa shape index (κ1) is 18.4. The average Bonchev–Trinajstić information content (AvgIpc) is 3.37. The smallest absolute Gasteiger partial charge is 0.217 e. The topological polar surface area (TPSA) is 67.8 Å². The summed E-state index contributed by atoms with van der Waals surface area (Å²) in [5.41, 5.74) is 3.47. The van der Waals surface area contributed by atoms with Gasteiger partial charge in [0.15, 0.2) is 4.34 Å². The number of thioether (sulfide) groups is 1. The molecule has 3 heterocycles. The molecule has 0 aliphatic carbocycles. The lowest BCUT2D eigenvalue weighted by Crippen LogP contribution is -2.82. The van der Waals surface area contributed by atoms with Crippen molar-refractivity contribution >= 4 is 28.8 Å². The molecule has 1 saturated heterocycles. The number of rotatable bonds is 6. The van der Waals surface area contributed by atoms with Crippen molar-refractivity contribution in [1.82, 2.24) is 15.2 Å². The van der Waals surface area contributed by atoms with Gasteiger partial charge in [0, 0.05) is 49.1 Å². The third kappa shape index (κ3) is 4.47. The molecular weight excluding hydrogens is 378 g/mol. The van der Waals surface area contributed by atoms with E-state index in [2.05, 4.69) is 49.7 Å². The third-order valence-corrected chi connectivity index (χ3v) is 6.65. The van der Waals surface area contributed by atoms with E-state index in [1.807, 2.05) is 26.2 Å². The lowest BCUT2D eigenvalue weighted by atomic mass is 10.2. The Balaban J connectivity index is 1.31. The van der Waals surface area contributed by atoms with Crippen molar-refractivity contribution in [3.05, 3.63) is 54.4 Å². The molecule has 0 amide bonds. The monoisotopic (exact) mass is 400 g/mol. The first-order chi connectivity index (χ1) is 13.2. The summed E-state index contributed by atoms with van der Waals surface area (Å²) in [6.45, 7) is 0.961. The van der Waals surface area contributed by atoms with Gasteiger partial charge in [0.05, 0.1) is 0 Å². The molecule has 8 heteroatoms. The van der Waals surface area contributed by atoms with Crippen LogP contribution in [0.4, 0.5) is 5.69 Å². The predicted molar refractivity (Wildman–Crippen MR) is 109 cm³/mol. The van der Waals surface area contributed by atoms with Crippen molar-refractivity contribution in [3.63, 3.8) is 0 Å². The van der Waals surface area contributed by atoms with Gasteiger partial charge in [0.1, 0.15) is 17.7 Å². The number of hydrogen-bond acceptors (Lipinski definition) is 7. The molecule has 0 saturated carbocycles. The van der Waals surface area contributed by atoms with Gasteiger partial charge in [-0.1, -0.05) is 23.1 Å². The second-order valence-electron chi connectivity index (χ2n) is 6.56. The number of aromatic nitrogens is 3. The summed E-state index contributed by atoms with van der Waals surface area (Å²) in [7, 11) is 4.10. The van der Waals surface area contributed by atoms with Gasteiger partial charge < -0.3 is 15.0 Å². The quantitative estimate of drug-likeness (QED) is 0.641. The van der Waals surface area contributed by atoms with E-state index < -0.39 is 0 Å². The molecule has 27 heavy (non-hydrogen) atoms. The van der Waals surface area contributed by atoms with Crippen LogP contribution < -0.4 is 10.2 Å². The maximum absolute atomic E-state index is 6.22. The largest absolute Gasteiger partial charge is 0.378 e. The summed E-state index contributed by atoms with van der Waals surface area (Å²) in [6.07, 6.45) is 3.84. The van der Waals surface area contributed by atoms with Crippen LogP contribution in [-0.4, -0.2) is 47.7 Å². The van der Waals surface area contributed by atoms with E-state index in [-0.39, 0.29) is 12.3 Å². The fraction of sp³-hybridized carbons (Fsp3) is 0.316. The van der Waals surface area contributed by atoms with E-state index in [0.29, 0.717) is 0 Å². The number of quaternary nitrogens is 1. The third-order valence-electron chi connectivity index (χ3n) is 4.42. The Hall–Kier alpha value is -2.00. The summed E-state index contributed by atoms with van der Waals surface area (Å²) in [5, 5.41) is 11.8. The number of pyridine rings is 1. The molecule has 2 atom stereocenters. The minimum Gasteiger partial charge on any atom is -0.378 e. The molecule has 0 unspecified atom stereocenters. The Bertz CT molecular complexity index is 869. The molecule has 3 aromatic rings. The van der Waals surface area contributed by atoms with Gasteiger partial charge in [-0.2, -0.15) is 0 Å². The second-order valence-corrected chi connectivity index (χ2v) is 8.80. The van der Waals surface area contributed by atoms with Crippen molar-refractivity contribution in [3.8, 4) is 10.6 Å².